The Morgan fingerprint density at radius 1 is 0.976 bits per heavy atom. The van der Waals surface area contributed by atoms with Crippen molar-refractivity contribution in [2.45, 2.75) is 20.3 Å². The fourth-order valence-corrected chi connectivity index (χ4v) is 4.90. The van der Waals surface area contributed by atoms with E-state index in [1.165, 1.54) is 12.1 Å². The van der Waals surface area contributed by atoms with Crippen molar-refractivity contribution >= 4 is 52.3 Å². The SMILES string of the molecule is CCOC(=O)n1nc(N2CCN(c3ccc4c(c3CC)C(=O)NC4=O)CC2)c2ccc(F)cc21.O=C(O)C=CC(=O)O. The standard InChI is InChI=1S/C24H24FN5O4.C4H4O4/c1-3-15-18(8-7-17-20(15)23(32)26-22(17)31)28-9-11-29(12-10-28)21-16-6-5-14(25)13-19(16)30(27-21)24(33)34-4-2;5-3(6)1-2-4(7)8/h5-8,13H,3-4,9-12H2,1-2H3,(H,26,31,32);1-2H,(H,5,6)(H,7,8). The molecule has 1 fully saturated rings. The Hall–Kier alpha value is -5.27. The summed E-state index contributed by atoms with van der Waals surface area (Å²) in [6.07, 6.45) is 1.09. The number of halogens is 1. The summed E-state index contributed by atoms with van der Waals surface area (Å²) in [5.41, 5.74) is 3.05. The molecule has 42 heavy (non-hydrogen) atoms. The number of ether oxygens (including phenoxy) is 1. The molecule has 2 aromatic carbocycles. The summed E-state index contributed by atoms with van der Waals surface area (Å²) >= 11 is 0. The molecule has 1 aromatic heterocycles. The van der Waals surface area contributed by atoms with Crippen molar-refractivity contribution in [1.82, 2.24) is 15.1 Å². The quantitative estimate of drug-likeness (QED) is 0.289. The second-order valence-corrected chi connectivity index (χ2v) is 9.20. The third-order valence-corrected chi connectivity index (χ3v) is 6.69. The van der Waals surface area contributed by atoms with Gasteiger partial charge in [-0.3, -0.25) is 14.9 Å². The van der Waals surface area contributed by atoms with Gasteiger partial charge in [0.15, 0.2) is 5.82 Å². The van der Waals surface area contributed by atoms with Crippen LogP contribution in [0.15, 0.2) is 42.5 Å². The van der Waals surface area contributed by atoms with Crippen LogP contribution in [0.4, 0.5) is 20.7 Å². The summed E-state index contributed by atoms with van der Waals surface area (Å²) in [5.74, 6) is -3.08. The van der Waals surface area contributed by atoms with Crippen LogP contribution in [0.25, 0.3) is 10.9 Å². The zero-order valence-electron chi connectivity index (χ0n) is 22.8. The predicted octanol–water partition coefficient (Wildman–Crippen LogP) is 2.66. The van der Waals surface area contributed by atoms with E-state index in [2.05, 4.69) is 20.2 Å². The zero-order chi connectivity index (χ0) is 30.6. The Kier molecular flexibility index (Phi) is 8.84. The van der Waals surface area contributed by atoms with Crippen molar-refractivity contribution < 1.29 is 43.3 Å². The van der Waals surface area contributed by atoms with Crippen LogP contribution < -0.4 is 15.1 Å². The molecule has 0 aliphatic carbocycles. The number of carboxylic acids is 2. The van der Waals surface area contributed by atoms with Crippen LogP contribution in [0.1, 0.15) is 40.1 Å². The Morgan fingerprint density at radius 2 is 1.62 bits per heavy atom. The topological polar surface area (TPSA) is 171 Å². The normalized spacial score (nSPS) is 14.5. The number of aliphatic carboxylic acids is 2. The number of hydrogen-bond donors (Lipinski definition) is 3. The molecule has 220 valence electrons. The highest BCUT2D eigenvalue weighted by atomic mass is 19.1. The van der Waals surface area contributed by atoms with E-state index in [4.69, 9.17) is 14.9 Å². The third-order valence-electron chi connectivity index (χ3n) is 6.69. The zero-order valence-corrected chi connectivity index (χ0v) is 22.8. The van der Waals surface area contributed by atoms with Crippen molar-refractivity contribution in [1.29, 1.82) is 0 Å². The number of amides is 2. The number of carbonyl (C=O) groups excluding carboxylic acids is 3. The van der Waals surface area contributed by atoms with Gasteiger partial charge in [-0.15, -0.1) is 5.10 Å². The van der Waals surface area contributed by atoms with Gasteiger partial charge in [0.1, 0.15) is 5.82 Å². The van der Waals surface area contributed by atoms with Gasteiger partial charge >= 0.3 is 18.0 Å². The van der Waals surface area contributed by atoms with Gasteiger partial charge in [-0.05, 0) is 43.2 Å². The highest BCUT2D eigenvalue weighted by molar-refractivity contribution is 6.22. The van der Waals surface area contributed by atoms with E-state index in [-0.39, 0.29) is 18.4 Å². The first-order chi connectivity index (χ1) is 20.0. The molecule has 2 aliphatic heterocycles. The molecule has 0 bridgehead atoms. The number of fused-ring (bicyclic) bond motifs is 2. The van der Waals surface area contributed by atoms with Gasteiger partial charge in [0, 0.05) is 55.5 Å². The summed E-state index contributed by atoms with van der Waals surface area (Å²) in [7, 11) is 0. The molecule has 2 aliphatic rings. The molecule has 13 nitrogen and oxygen atoms in total. The van der Waals surface area contributed by atoms with Gasteiger partial charge in [-0.25, -0.2) is 18.8 Å². The maximum Gasteiger partial charge on any atom is 0.435 e. The first-order valence-electron chi connectivity index (χ1n) is 13.1. The van der Waals surface area contributed by atoms with Crippen molar-refractivity contribution in [3.8, 4) is 0 Å². The first kappa shape index (κ1) is 29.7. The molecule has 0 radical (unpaired) electrons. The van der Waals surface area contributed by atoms with Gasteiger partial charge < -0.3 is 24.7 Å². The van der Waals surface area contributed by atoms with E-state index in [0.29, 0.717) is 72.6 Å². The first-order valence-corrected chi connectivity index (χ1v) is 13.1. The van der Waals surface area contributed by atoms with Gasteiger partial charge in [-0.2, -0.15) is 4.68 Å². The molecular weight excluding hydrogens is 553 g/mol. The minimum atomic E-state index is -1.26. The number of nitrogens with one attached hydrogen (secondary N) is 1. The lowest BCUT2D eigenvalue weighted by molar-refractivity contribution is -0.134. The average molecular weight is 582 g/mol. The van der Waals surface area contributed by atoms with Crippen LogP contribution in [0.3, 0.4) is 0 Å². The lowest BCUT2D eigenvalue weighted by atomic mass is 9.97. The Bertz CT molecular complexity index is 1590. The molecular formula is C28H28FN5O8. The molecule has 3 heterocycles. The number of benzene rings is 2. The Morgan fingerprint density at radius 3 is 2.21 bits per heavy atom. The van der Waals surface area contributed by atoms with Crippen molar-refractivity contribution in [2.75, 3.05) is 42.6 Å². The maximum absolute atomic E-state index is 13.9. The third kappa shape index (κ3) is 6.06. The van der Waals surface area contributed by atoms with Gasteiger partial charge in [-0.1, -0.05) is 6.92 Å². The minimum Gasteiger partial charge on any atom is -0.478 e. The van der Waals surface area contributed by atoms with Crippen LogP contribution >= 0.6 is 0 Å². The summed E-state index contributed by atoms with van der Waals surface area (Å²) in [6, 6.07) is 7.87. The number of carbonyl (C=O) groups is 5. The number of hydrogen-bond acceptors (Lipinski definition) is 9. The Balaban J connectivity index is 0.000000446. The monoisotopic (exact) mass is 581 g/mol. The number of nitrogens with zero attached hydrogens (tertiary/aromatic N) is 4. The van der Waals surface area contributed by atoms with E-state index in [1.54, 1.807) is 19.1 Å². The second kappa shape index (κ2) is 12.5. The smallest absolute Gasteiger partial charge is 0.435 e. The molecule has 5 rings (SSSR count). The van der Waals surface area contributed by atoms with Gasteiger partial charge in [0.05, 0.1) is 23.3 Å². The van der Waals surface area contributed by atoms with Crippen LogP contribution in [-0.2, 0) is 20.7 Å². The highest BCUT2D eigenvalue weighted by Gasteiger charge is 2.32. The lowest BCUT2D eigenvalue weighted by Gasteiger charge is -2.37. The largest absolute Gasteiger partial charge is 0.478 e. The summed E-state index contributed by atoms with van der Waals surface area (Å²) in [6.45, 7) is 6.38. The number of piperazine rings is 1. The average Bonchev–Trinajstić information content (AvgIpc) is 3.48. The van der Waals surface area contributed by atoms with Gasteiger partial charge in [0.25, 0.3) is 11.8 Å². The van der Waals surface area contributed by atoms with Crippen molar-refractivity contribution in [3.63, 3.8) is 0 Å². The molecule has 14 heteroatoms. The molecule has 0 saturated carbocycles. The summed E-state index contributed by atoms with van der Waals surface area (Å²) in [5, 5.41) is 23.1. The van der Waals surface area contributed by atoms with E-state index in [0.717, 1.165) is 15.9 Å². The van der Waals surface area contributed by atoms with Crippen LogP contribution in [0.2, 0.25) is 0 Å². The van der Waals surface area contributed by atoms with Crippen LogP contribution in [0.5, 0.6) is 0 Å². The minimum absolute atomic E-state index is 0.188. The Labute approximate surface area is 238 Å². The maximum atomic E-state index is 13.9. The van der Waals surface area contributed by atoms with Crippen LogP contribution in [0, 0.1) is 5.82 Å². The second-order valence-electron chi connectivity index (χ2n) is 9.20. The highest BCUT2D eigenvalue weighted by Crippen LogP contribution is 2.33. The number of carboxylic acid groups (broad SMARTS) is 2. The molecule has 0 spiro atoms. The summed E-state index contributed by atoms with van der Waals surface area (Å²) in [4.78, 5) is 60.1. The van der Waals surface area contributed by atoms with E-state index < -0.39 is 23.8 Å². The predicted molar refractivity (Wildman–Crippen MR) is 149 cm³/mol. The molecule has 0 unspecified atom stereocenters. The van der Waals surface area contributed by atoms with E-state index in [9.17, 15) is 28.4 Å². The van der Waals surface area contributed by atoms with Gasteiger partial charge in [0.2, 0.25) is 0 Å². The van der Waals surface area contributed by atoms with E-state index in [1.807, 2.05) is 13.0 Å². The molecule has 3 N–H and O–H groups in total. The molecule has 3 aromatic rings. The fourth-order valence-electron chi connectivity index (χ4n) is 4.90. The lowest BCUT2D eigenvalue weighted by Crippen LogP contribution is -2.47. The van der Waals surface area contributed by atoms with Crippen molar-refractivity contribution in [3.05, 3.63) is 65.0 Å². The molecule has 0 atom stereocenters. The molecule has 2 amide bonds. The number of rotatable bonds is 6. The number of imide groups is 1. The number of aromatic nitrogens is 2. The van der Waals surface area contributed by atoms with E-state index >= 15 is 0 Å². The van der Waals surface area contributed by atoms with Crippen molar-refractivity contribution in [2.24, 2.45) is 0 Å². The molecule has 1 saturated heterocycles. The number of anilines is 2. The fraction of sp³-hybridized carbons (Fsp3) is 0.286. The van der Waals surface area contributed by atoms with Crippen LogP contribution in [-0.4, -0.2) is 82.6 Å². The summed E-state index contributed by atoms with van der Waals surface area (Å²) < 4.78 is 20.1.